The Kier molecular flexibility index (Phi) is 5.65. The Hall–Kier alpha value is -2.09. The highest BCUT2D eigenvalue weighted by molar-refractivity contribution is 5.80. The molecule has 1 aromatic heterocycles. The van der Waals surface area contributed by atoms with Gasteiger partial charge in [-0.25, -0.2) is 0 Å². The zero-order valence-electron chi connectivity index (χ0n) is 10.1. The predicted molar refractivity (Wildman–Crippen MR) is 62.5 cm³/mol. The number of ether oxygens (including phenoxy) is 2. The molecule has 8 heteroatoms. The van der Waals surface area contributed by atoms with E-state index in [9.17, 15) is 9.59 Å². The zero-order valence-corrected chi connectivity index (χ0v) is 10.1. The van der Waals surface area contributed by atoms with Crippen LogP contribution in [0.2, 0.25) is 0 Å². The first kappa shape index (κ1) is 14.0. The van der Waals surface area contributed by atoms with Crippen LogP contribution in [0.15, 0.2) is 12.4 Å². The Morgan fingerprint density at radius 3 is 2.94 bits per heavy atom. The number of amides is 1. The van der Waals surface area contributed by atoms with Crippen LogP contribution in [-0.4, -0.2) is 48.5 Å². The quantitative estimate of drug-likeness (QED) is 0.467. The van der Waals surface area contributed by atoms with Crippen LogP contribution >= 0.6 is 0 Å². The topological polar surface area (TPSA) is 108 Å². The van der Waals surface area contributed by atoms with Crippen molar-refractivity contribution in [3.05, 3.63) is 12.4 Å². The van der Waals surface area contributed by atoms with Crippen LogP contribution in [0, 0.1) is 0 Å². The average molecular weight is 256 g/mol. The SMILES string of the molecule is COCCNC(=O)COC(=O)Cn1cc(N)cn1. The second kappa shape index (κ2) is 7.28. The third-order valence-corrected chi connectivity index (χ3v) is 1.94. The van der Waals surface area contributed by atoms with Gasteiger partial charge in [-0.2, -0.15) is 5.10 Å². The van der Waals surface area contributed by atoms with Crippen molar-refractivity contribution < 1.29 is 19.1 Å². The molecule has 0 saturated carbocycles. The minimum Gasteiger partial charge on any atom is -0.454 e. The molecule has 0 aliphatic carbocycles. The summed E-state index contributed by atoms with van der Waals surface area (Å²) in [5.41, 5.74) is 5.89. The van der Waals surface area contributed by atoms with Gasteiger partial charge in [-0.05, 0) is 0 Å². The van der Waals surface area contributed by atoms with E-state index in [-0.39, 0.29) is 19.1 Å². The van der Waals surface area contributed by atoms with Crippen LogP contribution in [0.5, 0.6) is 0 Å². The van der Waals surface area contributed by atoms with Gasteiger partial charge in [-0.15, -0.1) is 0 Å². The fourth-order valence-corrected chi connectivity index (χ4v) is 1.13. The normalized spacial score (nSPS) is 10.1. The molecule has 1 aromatic rings. The van der Waals surface area contributed by atoms with Gasteiger partial charge in [-0.3, -0.25) is 14.3 Å². The van der Waals surface area contributed by atoms with Crippen molar-refractivity contribution in [3.63, 3.8) is 0 Å². The second-order valence-corrected chi connectivity index (χ2v) is 3.47. The van der Waals surface area contributed by atoms with E-state index in [2.05, 4.69) is 10.4 Å². The highest BCUT2D eigenvalue weighted by Gasteiger charge is 2.08. The molecule has 0 unspecified atom stereocenters. The predicted octanol–water partition coefficient (Wildman–Crippen LogP) is -1.23. The molecule has 18 heavy (non-hydrogen) atoms. The lowest BCUT2D eigenvalue weighted by atomic mass is 10.5. The zero-order chi connectivity index (χ0) is 13.4. The van der Waals surface area contributed by atoms with Gasteiger partial charge in [0, 0.05) is 19.9 Å². The number of nitrogens with zero attached hydrogens (tertiary/aromatic N) is 2. The van der Waals surface area contributed by atoms with Crippen molar-refractivity contribution in [1.29, 1.82) is 0 Å². The second-order valence-electron chi connectivity index (χ2n) is 3.47. The number of nitrogens with two attached hydrogens (primary N) is 1. The molecule has 1 heterocycles. The molecule has 0 aliphatic heterocycles. The van der Waals surface area contributed by atoms with E-state index in [0.717, 1.165) is 0 Å². The van der Waals surface area contributed by atoms with Crippen LogP contribution in [0.3, 0.4) is 0 Å². The third-order valence-electron chi connectivity index (χ3n) is 1.94. The van der Waals surface area contributed by atoms with Gasteiger partial charge in [-0.1, -0.05) is 0 Å². The molecule has 0 bridgehead atoms. The lowest BCUT2D eigenvalue weighted by Gasteiger charge is -2.06. The van der Waals surface area contributed by atoms with E-state index >= 15 is 0 Å². The molecule has 0 spiro atoms. The lowest BCUT2D eigenvalue weighted by molar-refractivity contribution is -0.149. The molecule has 1 rings (SSSR count). The fraction of sp³-hybridized carbons (Fsp3) is 0.500. The summed E-state index contributed by atoms with van der Waals surface area (Å²) in [7, 11) is 1.53. The van der Waals surface area contributed by atoms with Crippen molar-refractivity contribution in [2.24, 2.45) is 0 Å². The largest absolute Gasteiger partial charge is 0.454 e. The standard InChI is InChI=1S/C10H16N4O4/c1-17-3-2-12-9(15)7-18-10(16)6-14-5-8(11)4-13-14/h4-5H,2-3,6-7,11H2,1H3,(H,12,15). The number of esters is 1. The summed E-state index contributed by atoms with van der Waals surface area (Å²) < 4.78 is 10.8. The number of carbonyl (C=O) groups is 2. The third kappa shape index (κ3) is 5.30. The van der Waals surface area contributed by atoms with Gasteiger partial charge >= 0.3 is 5.97 Å². The summed E-state index contributed by atoms with van der Waals surface area (Å²) in [5.74, 6) is -0.930. The van der Waals surface area contributed by atoms with Gasteiger partial charge in [0.05, 0.1) is 18.5 Å². The van der Waals surface area contributed by atoms with Crippen LogP contribution in [0.1, 0.15) is 0 Å². The molecule has 3 N–H and O–H groups in total. The fourth-order valence-electron chi connectivity index (χ4n) is 1.13. The minimum atomic E-state index is -0.556. The van der Waals surface area contributed by atoms with Crippen molar-refractivity contribution >= 4 is 17.6 Å². The molecule has 0 aliphatic rings. The van der Waals surface area contributed by atoms with Crippen molar-refractivity contribution in [2.45, 2.75) is 6.54 Å². The summed E-state index contributed by atoms with van der Waals surface area (Å²) in [6, 6.07) is 0. The summed E-state index contributed by atoms with van der Waals surface area (Å²) in [5, 5.41) is 6.34. The number of hydrogen-bond acceptors (Lipinski definition) is 6. The number of hydrogen-bond donors (Lipinski definition) is 2. The van der Waals surface area contributed by atoms with E-state index in [1.54, 1.807) is 0 Å². The molecule has 0 saturated heterocycles. The Bertz CT molecular complexity index is 404. The Balaban J connectivity index is 2.18. The molecule has 1 amide bonds. The van der Waals surface area contributed by atoms with Crippen LogP contribution in [0.4, 0.5) is 5.69 Å². The maximum atomic E-state index is 11.3. The maximum Gasteiger partial charge on any atom is 0.328 e. The highest BCUT2D eigenvalue weighted by Crippen LogP contribution is 1.97. The van der Waals surface area contributed by atoms with Gasteiger partial charge in [0.2, 0.25) is 0 Å². The molecule has 0 fully saturated rings. The number of anilines is 1. The maximum absolute atomic E-state index is 11.3. The Morgan fingerprint density at radius 1 is 1.56 bits per heavy atom. The number of rotatable bonds is 7. The Morgan fingerprint density at radius 2 is 2.33 bits per heavy atom. The monoisotopic (exact) mass is 256 g/mol. The van der Waals surface area contributed by atoms with Crippen LogP contribution in [-0.2, 0) is 25.6 Å². The van der Waals surface area contributed by atoms with Gasteiger partial charge in [0.1, 0.15) is 6.54 Å². The van der Waals surface area contributed by atoms with Crippen LogP contribution in [0.25, 0.3) is 0 Å². The number of nitrogens with one attached hydrogen (secondary N) is 1. The van der Waals surface area contributed by atoms with E-state index < -0.39 is 5.97 Å². The highest BCUT2D eigenvalue weighted by atomic mass is 16.5. The molecular formula is C10H16N4O4. The molecule has 0 aromatic carbocycles. The van der Waals surface area contributed by atoms with Crippen molar-refractivity contribution in [3.8, 4) is 0 Å². The summed E-state index contributed by atoms with van der Waals surface area (Å²) in [4.78, 5) is 22.5. The summed E-state index contributed by atoms with van der Waals surface area (Å²) in [6.45, 7) is 0.386. The van der Waals surface area contributed by atoms with Gasteiger partial charge in [0.25, 0.3) is 5.91 Å². The Labute approximate surface area is 104 Å². The van der Waals surface area contributed by atoms with Gasteiger partial charge in [0.15, 0.2) is 6.61 Å². The number of nitrogen functional groups attached to an aromatic ring is 1. The number of methoxy groups -OCH3 is 1. The van der Waals surface area contributed by atoms with E-state index in [0.29, 0.717) is 18.8 Å². The molecular weight excluding hydrogens is 240 g/mol. The van der Waals surface area contributed by atoms with E-state index in [4.69, 9.17) is 15.2 Å². The van der Waals surface area contributed by atoms with E-state index in [1.165, 1.54) is 24.2 Å². The van der Waals surface area contributed by atoms with Gasteiger partial charge < -0.3 is 20.5 Å². The van der Waals surface area contributed by atoms with Crippen molar-refractivity contribution in [2.75, 3.05) is 32.6 Å². The minimum absolute atomic E-state index is 0.0808. The average Bonchev–Trinajstić information content (AvgIpc) is 2.72. The first-order valence-electron chi connectivity index (χ1n) is 5.31. The number of aromatic nitrogens is 2. The first-order valence-corrected chi connectivity index (χ1v) is 5.31. The number of carbonyl (C=O) groups excluding carboxylic acids is 2. The molecule has 0 atom stereocenters. The molecule has 0 radical (unpaired) electrons. The molecule has 100 valence electrons. The summed E-state index contributed by atoms with van der Waals surface area (Å²) in [6.07, 6.45) is 2.92. The van der Waals surface area contributed by atoms with Crippen molar-refractivity contribution in [1.82, 2.24) is 15.1 Å². The van der Waals surface area contributed by atoms with E-state index in [1.807, 2.05) is 0 Å². The smallest absolute Gasteiger partial charge is 0.328 e. The van der Waals surface area contributed by atoms with Crippen LogP contribution < -0.4 is 11.1 Å². The lowest BCUT2D eigenvalue weighted by Crippen LogP contribution is -2.31. The first-order chi connectivity index (χ1) is 8.61. The summed E-state index contributed by atoms with van der Waals surface area (Å²) >= 11 is 0. The molecule has 8 nitrogen and oxygen atoms in total.